The fourth-order valence-corrected chi connectivity index (χ4v) is 1.72. The third-order valence-corrected chi connectivity index (χ3v) is 2.97. The molecule has 0 heterocycles. The van der Waals surface area contributed by atoms with E-state index in [4.69, 9.17) is 10.5 Å². The van der Waals surface area contributed by atoms with E-state index in [1.807, 2.05) is 18.2 Å². The van der Waals surface area contributed by atoms with Crippen LogP contribution in [0.1, 0.15) is 44.9 Å². The maximum absolute atomic E-state index is 9.61. The number of hydrogen-bond donors (Lipinski definition) is 2. The van der Waals surface area contributed by atoms with Crippen molar-refractivity contribution in [3.05, 3.63) is 29.3 Å². The van der Waals surface area contributed by atoms with Crippen molar-refractivity contribution in [2.24, 2.45) is 5.73 Å². The lowest BCUT2D eigenvalue weighted by atomic mass is 9.85. The van der Waals surface area contributed by atoms with Gasteiger partial charge in [0.15, 0.2) is 0 Å². The summed E-state index contributed by atoms with van der Waals surface area (Å²) in [6.07, 6.45) is -0.598. The van der Waals surface area contributed by atoms with Crippen LogP contribution in [0.25, 0.3) is 0 Å². The molecule has 1 aromatic carbocycles. The second-order valence-electron chi connectivity index (χ2n) is 5.47. The largest absolute Gasteiger partial charge is 0.496 e. The average Bonchev–Trinajstić information content (AvgIpc) is 2.25. The van der Waals surface area contributed by atoms with Crippen molar-refractivity contribution in [2.75, 3.05) is 7.11 Å². The Kier molecular flexibility index (Phi) is 4.17. The summed E-state index contributed by atoms with van der Waals surface area (Å²) in [5.41, 5.74) is 8.09. The molecule has 3 heteroatoms. The number of methoxy groups -OCH3 is 1. The highest BCUT2D eigenvalue weighted by atomic mass is 16.5. The Morgan fingerprint density at radius 3 is 2.29 bits per heavy atom. The molecule has 17 heavy (non-hydrogen) atoms. The Hall–Kier alpha value is -1.06. The number of benzene rings is 1. The van der Waals surface area contributed by atoms with E-state index in [9.17, 15) is 5.11 Å². The van der Waals surface area contributed by atoms with Crippen LogP contribution in [0.5, 0.6) is 5.75 Å². The summed E-state index contributed by atoms with van der Waals surface area (Å²) in [6, 6.07) is 5.55. The minimum atomic E-state index is -0.598. The Balaban J connectivity index is 3.25. The van der Waals surface area contributed by atoms with E-state index in [0.717, 1.165) is 11.3 Å². The van der Waals surface area contributed by atoms with Crippen molar-refractivity contribution in [1.82, 2.24) is 0 Å². The number of rotatable bonds is 3. The van der Waals surface area contributed by atoms with Crippen LogP contribution in [-0.4, -0.2) is 18.3 Å². The van der Waals surface area contributed by atoms with Crippen LogP contribution < -0.4 is 10.5 Å². The van der Waals surface area contributed by atoms with Crippen LogP contribution in [0.2, 0.25) is 0 Å². The van der Waals surface area contributed by atoms with E-state index in [1.165, 1.54) is 5.56 Å². The number of hydrogen-bond acceptors (Lipinski definition) is 3. The van der Waals surface area contributed by atoms with Crippen molar-refractivity contribution < 1.29 is 9.84 Å². The lowest BCUT2D eigenvalue weighted by molar-refractivity contribution is 0.162. The van der Waals surface area contributed by atoms with Crippen LogP contribution in [0.3, 0.4) is 0 Å². The summed E-state index contributed by atoms with van der Waals surface area (Å²) < 4.78 is 5.29. The Bertz CT molecular complexity index is 380. The zero-order valence-corrected chi connectivity index (χ0v) is 11.3. The molecule has 0 saturated heterocycles. The molecule has 0 aliphatic rings. The lowest BCUT2D eigenvalue weighted by Gasteiger charge is -2.24. The zero-order valence-electron chi connectivity index (χ0n) is 11.3. The molecule has 0 aromatic heterocycles. The van der Waals surface area contributed by atoms with Gasteiger partial charge in [0.25, 0.3) is 0 Å². The number of aliphatic hydroxyl groups is 1. The van der Waals surface area contributed by atoms with E-state index in [-0.39, 0.29) is 5.41 Å². The van der Waals surface area contributed by atoms with Gasteiger partial charge in [-0.3, -0.25) is 0 Å². The normalized spacial score (nSPS) is 15.5. The minimum absolute atomic E-state index is 0.0550. The van der Waals surface area contributed by atoms with Crippen LogP contribution >= 0.6 is 0 Å². The molecule has 0 fully saturated rings. The maximum atomic E-state index is 9.61. The van der Waals surface area contributed by atoms with Gasteiger partial charge in [-0.1, -0.05) is 26.8 Å². The number of nitrogens with two attached hydrogens (primary N) is 1. The van der Waals surface area contributed by atoms with Gasteiger partial charge in [0.1, 0.15) is 5.75 Å². The first-order valence-electron chi connectivity index (χ1n) is 5.89. The SMILES string of the molecule is COc1ccc(C(C)(C)C)cc1C(N)C(C)O. The minimum Gasteiger partial charge on any atom is -0.496 e. The van der Waals surface area contributed by atoms with Gasteiger partial charge in [0.2, 0.25) is 0 Å². The van der Waals surface area contributed by atoms with Gasteiger partial charge in [-0.05, 0) is 30.0 Å². The van der Waals surface area contributed by atoms with Gasteiger partial charge in [-0.15, -0.1) is 0 Å². The Labute approximate surface area is 104 Å². The molecule has 1 aromatic rings. The number of ether oxygens (including phenoxy) is 1. The monoisotopic (exact) mass is 237 g/mol. The van der Waals surface area contributed by atoms with Crippen molar-refractivity contribution in [3.63, 3.8) is 0 Å². The molecular weight excluding hydrogens is 214 g/mol. The van der Waals surface area contributed by atoms with Gasteiger partial charge in [-0.25, -0.2) is 0 Å². The first-order valence-corrected chi connectivity index (χ1v) is 5.89. The molecular formula is C14H23NO2. The summed E-state index contributed by atoms with van der Waals surface area (Å²) in [5, 5.41) is 9.61. The smallest absolute Gasteiger partial charge is 0.123 e. The quantitative estimate of drug-likeness (QED) is 0.848. The van der Waals surface area contributed by atoms with E-state index in [1.54, 1.807) is 14.0 Å². The standard InChI is InChI=1S/C14H23NO2/c1-9(16)13(15)11-8-10(14(2,3)4)6-7-12(11)17-5/h6-9,13,16H,15H2,1-5H3. The molecule has 0 radical (unpaired) electrons. The highest BCUT2D eigenvalue weighted by Crippen LogP contribution is 2.31. The third-order valence-electron chi connectivity index (χ3n) is 2.97. The van der Waals surface area contributed by atoms with Crippen molar-refractivity contribution in [3.8, 4) is 5.75 Å². The lowest BCUT2D eigenvalue weighted by Crippen LogP contribution is -2.24. The van der Waals surface area contributed by atoms with E-state index in [0.29, 0.717) is 0 Å². The average molecular weight is 237 g/mol. The first kappa shape index (κ1) is 14.0. The fraction of sp³-hybridized carbons (Fsp3) is 0.571. The molecule has 0 saturated carbocycles. The maximum Gasteiger partial charge on any atom is 0.123 e. The van der Waals surface area contributed by atoms with Crippen LogP contribution in [-0.2, 0) is 5.41 Å². The van der Waals surface area contributed by atoms with Gasteiger partial charge in [-0.2, -0.15) is 0 Å². The molecule has 0 aliphatic carbocycles. The summed E-state index contributed by atoms with van der Waals surface area (Å²) in [6.45, 7) is 8.12. The Morgan fingerprint density at radius 2 is 1.88 bits per heavy atom. The molecule has 1 rings (SSSR count). The van der Waals surface area contributed by atoms with Crippen LogP contribution in [0, 0.1) is 0 Å². The summed E-state index contributed by atoms with van der Waals surface area (Å²) >= 11 is 0. The molecule has 2 unspecified atom stereocenters. The molecule has 0 spiro atoms. The summed E-state index contributed by atoms with van der Waals surface area (Å²) in [5.74, 6) is 0.728. The van der Waals surface area contributed by atoms with E-state index >= 15 is 0 Å². The summed E-state index contributed by atoms with van der Waals surface area (Å²) in [7, 11) is 1.62. The van der Waals surface area contributed by atoms with Gasteiger partial charge in [0, 0.05) is 5.56 Å². The van der Waals surface area contributed by atoms with Crippen molar-refractivity contribution >= 4 is 0 Å². The predicted octanol–water partition coefficient (Wildman–Crippen LogP) is 2.37. The predicted molar refractivity (Wildman–Crippen MR) is 70.3 cm³/mol. The van der Waals surface area contributed by atoms with Crippen LogP contribution in [0.4, 0.5) is 0 Å². The van der Waals surface area contributed by atoms with Crippen molar-refractivity contribution in [1.29, 1.82) is 0 Å². The molecule has 0 aliphatic heterocycles. The van der Waals surface area contributed by atoms with Gasteiger partial charge in [0.05, 0.1) is 19.3 Å². The molecule has 0 bridgehead atoms. The molecule has 2 atom stereocenters. The van der Waals surface area contributed by atoms with Gasteiger partial charge < -0.3 is 15.6 Å². The second kappa shape index (κ2) is 5.07. The fourth-order valence-electron chi connectivity index (χ4n) is 1.72. The molecule has 96 valence electrons. The summed E-state index contributed by atoms with van der Waals surface area (Å²) in [4.78, 5) is 0. The van der Waals surface area contributed by atoms with E-state index in [2.05, 4.69) is 20.8 Å². The second-order valence-corrected chi connectivity index (χ2v) is 5.47. The molecule has 3 nitrogen and oxygen atoms in total. The van der Waals surface area contributed by atoms with Crippen LogP contribution in [0.15, 0.2) is 18.2 Å². The van der Waals surface area contributed by atoms with E-state index < -0.39 is 12.1 Å². The third kappa shape index (κ3) is 3.20. The number of aliphatic hydroxyl groups excluding tert-OH is 1. The highest BCUT2D eigenvalue weighted by molar-refractivity contribution is 5.41. The molecule has 0 amide bonds. The zero-order chi connectivity index (χ0) is 13.2. The first-order chi connectivity index (χ1) is 7.77. The van der Waals surface area contributed by atoms with Crippen molar-refractivity contribution in [2.45, 2.75) is 45.3 Å². The highest BCUT2D eigenvalue weighted by Gasteiger charge is 2.21. The Morgan fingerprint density at radius 1 is 1.29 bits per heavy atom. The van der Waals surface area contributed by atoms with Gasteiger partial charge >= 0.3 is 0 Å². The molecule has 3 N–H and O–H groups in total. The topological polar surface area (TPSA) is 55.5 Å².